The van der Waals surface area contributed by atoms with Gasteiger partial charge in [0.25, 0.3) is 0 Å². The van der Waals surface area contributed by atoms with Gasteiger partial charge < -0.3 is 10.2 Å². The van der Waals surface area contributed by atoms with Crippen LogP contribution in [-0.2, 0) is 9.59 Å². The van der Waals surface area contributed by atoms with Crippen LogP contribution in [0.1, 0.15) is 19.8 Å². The molecule has 1 saturated heterocycles. The van der Waals surface area contributed by atoms with Gasteiger partial charge in [-0.15, -0.1) is 0 Å². The summed E-state index contributed by atoms with van der Waals surface area (Å²) in [5.74, 6) is 0.138. The molecule has 0 radical (unpaired) electrons. The first-order valence-corrected chi connectivity index (χ1v) is 9.97. The summed E-state index contributed by atoms with van der Waals surface area (Å²) >= 11 is 0. The maximum atomic E-state index is 12.6. The number of likely N-dealkylation sites (tertiary alicyclic amines) is 1. The van der Waals surface area contributed by atoms with Crippen LogP contribution in [0.25, 0.3) is 22.0 Å². The highest BCUT2D eigenvalue weighted by Crippen LogP contribution is 2.25. The molecule has 0 bridgehead atoms. The lowest BCUT2D eigenvalue weighted by molar-refractivity contribution is -0.121. The summed E-state index contributed by atoms with van der Waals surface area (Å²) in [5.41, 5.74) is 3.13. The van der Waals surface area contributed by atoms with Crippen LogP contribution >= 0.6 is 0 Å². The number of nitrogens with one attached hydrogen (secondary N) is 2. The van der Waals surface area contributed by atoms with E-state index in [2.05, 4.69) is 37.5 Å². The number of fused-ring (bicyclic) bond motifs is 1. The van der Waals surface area contributed by atoms with Gasteiger partial charge in [0, 0.05) is 36.2 Å². The van der Waals surface area contributed by atoms with E-state index in [4.69, 9.17) is 0 Å². The highest BCUT2D eigenvalue weighted by atomic mass is 16.2. The zero-order valence-corrected chi connectivity index (χ0v) is 17.1. The SMILES string of the molecule is CC(=O)Nc1cncc(-c2ccc3cnc(NC(=O)C4CCN(C)CC4)nc3c2)c1. The maximum Gasteiger partial charge on any atom is 0.229 e. The van der Waals surface area contributed by atoms with Crippen molar-refractivity contribution in [1.29, 1.82) is 0 Å². The first kappa shape index (κ1) is 19.9. The van der Waals surface area contributed by atoms with Crippen LogP contribution in [0.3, 0.4) is 0 Å². The molecule has 2 N–H and O–H groups in total. The van der Waals surface area contributed by atoms with Gasteiger partial charge in [0.1, 0.15) is 0 Å². The minimum absolute atomic E-state index is 0.00517. The minimum Gasteiger partial charge on any atom is -0.325 e. The molecule has 4 rings (SSSR count). The molecular formula is C22H24N6O2. The van der Waals surface area contributed by atoms with Crippen molar-refractivity contribution in [2.24, 2.45) is 5.92 Å². The maximum absolute atomic E-state index is 12.6. The van der Waals surface area contributed by atoms with Crippen LogP contribution in [0.5, 0.6) is 0 Å². The third kappa shape index (κ3) is 4.60. The minimum atomic E-state index is -0.148. The molecule has 3 heterocycles. The van der Waals surface area contributed by atoms with Crippen molar-refractivity contribution in [3.05, 3.63) is 42.9 Å². The second kappa shape index (κ2) is 8.54. The second-order valence-electron chi connectivity index (χ2n) is 7.68. The number of carbonyl (C=O) groups is 2. The fraction of sp³-hybridized carbons (Fsp3) is 0.318. The van der Waals surface area contributed by atoms with E-state index in [9.17, 15) is 9.59 Å². The number of pyridine rings is 1. The molecule has 154 valence electrons. The summed E-state index contributed by atoms with van der Waals surface area (Å²) in [6, 6.07) is 7.67. The quantitative estimate of drug-likeness (QED) is 0.694. The normalized spacial score (nSPS) is 15.1. The topological polar surface area (TPSA) is 100 Å². The average molecular weight is 404 g/mol. The molecule has 8 heteroatoms. The first-order chi connectivity index (χ1) is 14.5. The van der Waals surface area contributed by atoms with Crippen LogP contribution in [0.4, 0.5) is 11.6 Å². The zero-order chi connectivity index (χ0) is 21.1. The van der Waals surface area contributed by atoms with Crippen molar-refractivity contribution < 1.29 is 9.59 Å². The monoisotopic (exact) mass is 404 g/mol. The van der Waals surface area contributed by atoms with E-state index in [1.54, 1.807) is 18.6 Å². The summed E-state index contributed by atoms with van der Waals surface area (Å²) in [4.78, 5) is 39.1. The van der Waals surface area contributed by atoms with Crippen LogP contribution in [0.2, 0.25) is 0 Å². The van der Waals surface area contributed by atoms with Gasteiger partial charge in [-0.3, -0.25) is 19.9 Å². The number of hydrogen-bond acceptors (Lipinski definition) is 6. The molecule has 0 unspecified atom stereocenters. The molecule has 1 aliphatic heterocycles. The number of amides is 2. The number of aromatic nitrogens is 3. The van der Waals surface area contributed by atoms with Crippen LogP contribution in [-0.4, -0.2) is 51.8 Å². The second-order valence-corrected chi connectivity index (χ2v) is 7.68. The van der Waals surface area contributed by atoms with Crippen LogP contribution in [0.15, 0.2) is 42.9 Å². The Morgan fingerprint density at radius 3 is 2.60 bits per heavy atom. The lowest BCUT2D eigenvalue weighted by Crippen LogP contribution is -2.36. The molecule has 1 aromatic carbocycles. The largest absolute Gasteiger partial charge is 0.325 e. The van der Waals surface area contributed by atoms with E-state index >= 15 is 0 Å². The Hall–Kier alpha value is -3.39. The molecule has 8 nitrogen and oxygen atoms in total. The van der Waals surface area contributed by atoms with Gasteiger partial charge in [0.15, 0.2) is 0 Å². The van der Waals surface area contributed by atoms with Gasteiger partial charge in [0.05, 0.1) is 17.4 Å². The lowest BCUT2D eigenvalue weighted by atomic mass is 9.96. The molecule has 2 aromatic heterocycles. The number of rotatable bonds is 4. The number of hydrogen-bond donors (Lipinski definition) is 2. The highest BCUT2D eigenvalue weighted by Gasteiger charge is 2.24. The summed E-state index contributed by atoms with van der Waals surface area (Å²) in [6.45, 7) is 3.30. The number of benzene rings is 1. The molecule has 0 atom stereocenters. The molecule has 1 fully saturated rings. The van der Waals surface area contributed by atoms with Crippen molar-refractivity contribution in [3.8, 4) is 11.1 Å². The van der Waals surface area contributed by atoms with Crippen molar-refractivity contribution >= 4 is 34.4 Å². The van der Waals surface area contributed by atoms with Gasteiger partial charge in [-0.05, 0) is 50.7 Å². The first-order valence-electron chi connectivity index (χ1n) is 9.97. The zero-order valence-electron chi connectivity index (χ0n) is 17.1. The van der Waals surface area contributed by atoms with E-state index < -0.39 is 0 Å². The standard InChI is InChI=1S/C22H24N6O2/c1-14(29)25-19-9-18(11-23-13-19)16-3-4-17-12-24-22(26-20(17)10-16)27-21(30)15-5-7-28(2)8-6-15/h3-4,9-13,15H,5-8H2,1-2H3,(H,25,29)(H,24,26,27,30). The van der Waals surface area contributed by atoms with E-state index in [0.29, 0.717) is 11.6 Å². The third-order valence-corrected chi connectivity index (χ3v) is 5.30. The predicted octanol–water partition coefficient (Wildman–Crippen LogP) is 2.93. The van der Waals surface area contributed by atoms with Crippen molar-refractivity contribution in [1.82, 2.24) is 19.9 Å². The fourth-order valence-electron chi connectivity index (χ4n) is 3.62. The van der Waals surface area contributed by atoms with E-state index in [0.717, 1.165) is 48.0 Å². The smallest absolute Gasteiger partial charge is 0.229 e. The average Bonchev–Trinajstić information content (AvgIpc) is 2.73. The molecule has 0 spiro atoms. The molecule has 30 heavy (non-hydrogen) atoms. The lowest BCUT2D eigenvalue weighted by Gasteiger charge is -2.27. The molecule has 1 aliphatic rings. The van der Waals surface area contributed by atoms with Gasteiger partial charge >= 0.3 is 0 Å². The molecule has 2 amide bonds. The van der Waals surface area contributed by atoms with Gasteiger partial charge in [0.2, 0.25) is 17.8 Å². The van der Waals surface area contributed by atoms with Crippen molar-refractivity contribution in [3.63, 3.8) is 0 Å². The Balaban J connectivity index is 1.55. The van der Waals surface area contributed by atoms with Gasteiger partial charge in [-0.25, -0.2) is 9.97 Å². The number of carbonyl (C=O) groups excluding carboxylic acids is 2. The van der Waals surface area contributed by atoms with Gasteiger partial charge in [-0.1, -0.05) is 12.1 Å². The fourth-order valence-corrected chi connectivity index (χ4v) is 3.62. The highest BCUT2D eigenvalue weighted by molar-refractivity contribution is 5.93. The molecule has 0 saturated carbocycles. The van der Waals surface area contributed by atoms with E-state index in [1.807, 2.05) is 24.3 Å². The van der Waals surface area contributed by atoms with Crippen molar-refractivity contribution in [2.75, 3.05) is 30.8 Å². The summed E-state index contributed by atoms with van der Waals surface area (Å²) in [7, 11) is 2.07. The summed E-state index contributed by atoms with van der Waals surface area (Å²) in [6.07, 6.45) is 6.74. The Morgan fingerprint density at radius 2 is 1.83 bits per heavy atom. The Bertz CT molecular complexity index is 1090. The Labute approximate surface area is 174 Å². The van der Waals surface area contributed by atoms with Crippen LogP contribution in [0, 0.1) is 5.92 Å². The Morgan fingerprint density at radius 1 is 1.03 bits per heavy atom. The number of piperidine rings is 1. The summed E-state index contributed by atoms with van der Waals surface area (Å²) < 4.78 is 0. The Kier molecular flexibility index (Phi) is 5.67. The number of nitrogens with zero attached hydrogens (tertiary/aromatic N) is 4. The number of anilines is 2. The van der Waals surface area contributed by atoms with Gasteiger partial charge in [-0.2, -0.15) is 0 Å². The van der Waals surface area contributed by atoms with Crippen LogP contribution < -0.4 is 10.6 Å². The molecular weight excluding hydrogens is 380 g/mol. The molecule has 3 aromatic rings. The van der Waals surface area contributed by atoms with E-state index in [1.165, 1.54) is 6.92 Å². The third-order valence-electron chi connectivity index (χ3n) is 5.30. The predicted molar refractivity (Wildman–Crippen MR) is 116 cm³/mol. The molecule has 0 aliphatic carbocycles. The summed E-state index contributed by atoms with van der Waals surface area (Å²) in [5, 5.41) is 6.49. The van der Waals surface area contributed by atoms with E-state index in [-0.39, 0.29) is 17.7 Å². The van der Waals surface area contributed by atoms with Crippen molar-refractivity contribution in [2.45, 2.75) is 19.8 Å².